The molecule has 0 heterocycles. The van der Waals surface area contributed by atoms with Crippen molar-refractivity contribution in [1.29, 1.82) is 0 Å². The van der Waals surface area contributed by atoms with Crippen molar-refractivity contribution >= 4 is 15.9 Å². The highest BCUT2D eigenvalue weighted by molar-refractivity contribution is 9.09. The van der Waals surface area contributed by atoms with Gasteiger partial charge in [-0.2, -0.15) is 0 Å². The number of rotatable bonds is 5. The summed E-state index contributed by atoms with van der Waals surface area (Å²) in [6, 6.07) is 17.7. The predicted octanol–water partition coefficient (Wildman–Crippen LogP) is 6.57. The lowest BCUT2D eigenvalue weighted by Gasteiger charge is -2.29. The molecule has 3 atom stereocenters. The van der Waals surface area contributed by atoms with Gasteiger partial charge in [0.1, 0.15) is 0 Å². The minimum absolute atomic E-state index is 0.356. The van der Waals surface area contributed by atoms with Gasteiger partial charge < -0.3 is 0 Å². The Hall–Kier alpha value is -1.08. The van der Waals surface area contributed by atoms with E-state index in [0.717, 1.165) is 0 Å². The molecule has 112 valence electrons. The molecule has 0 aromatic heterocycles. The molecule has 2 rings (SSSR count). The smallest absolute Gasteiger partial charge is 0.0466 e. The third-order valence-corrected chi connectivity index (χ3v) is 5.70. The molecule has 0 saturated carbocycles. The van der Waals surface area contributed by atoms with Crippen molar-refractivity contribution < 1.29 is 0 Å². The molecule has 2 aromatic rings. The van der Waals surface area contributed by atoms with Gasteiger partial charge in [-0.05, 0) is 42.0 Å². The van der Waals surface area contributed by atoms with Gasteiger partial charge in [-0.15, -0.1) is 0 Å². The Kier molecular flexibility index (Phi) is 5.64. The van der Waals surface area contributed by atoms with Crippen LogP contribution >= 0.6 is 15.9 Å². The molecule has 0 aliphatic heterocycles. The molecule has 0 radical (unpaired) electrons. The first-order valence-corrected chi connectivity index (χ1v) is 8.72. The zero-order valence-electron chi connectivity index (χ0n) is 13.4. The fraction of sp³-hybridized carbons (Fsp3) is 0.400. The first-order chi connectivity index (χ1) is 10.0. The van der Waals surface area contributed by atoms with E-state index in [1.807, 2.05) is 0 Å². The van der Waals surface area contributed by atoms with Gasteiger partial charge >= 0.3 is 0 Å². The first kappa shape index (κ1) is 16.3. The number of aryl methyl sites for hydroxylation is 2. The van der Waals surface area contributed by atoms with Gasteiger partial charge in [-0.25, -0.2) is 0 Å². The molecule has 0 fully saturated rings. The monoisotopic (exact) mass is 344 g/mol. The Balaban J connectivity index is 2.38. The van der Waals surface area contributed by atoms with Crippen molar-refractivity contribution in [2.45, 2.75) is 44.9 Å². The molecule has 3 unspecified atom stereocenters. The Morgan fingerprint density at radius 3 is 2.14 bits per heavy atom. The second-order valence-corrected chi connectivity index (χ2v) is 7.05. The average molecular weight is 345 g/mol. The number of hydrogen-bond acceptors (Lipinski definition) is 0. The summed E-state index contributed by atoms with van der Waals surface area (Å²) >= 11 is 3.99. The second kappa shape index (κ2) is 7.26. The van der Waals surface area contributed by atoms with Crippen LogP contribution in [0, 0.1) is 19.8 Å². The normalized spacial score (nSPS) is 15.5. The molecule has 0 N–H and O–H groups in total. The van der Waals surface area contributed by atoms with Crippen molar-refractivity contribution in [3.8, 4) is 0 Å². The molecule has 0 aliphatic carbocycles. The van der Waals surface area contributed by atoms with E-state index in [-0.39, 0.29) is 0 Å². The Labute approximate surface area is 137 Å². The summed E-state index contributed by atoms with van der Waals surface area (Å²) in [5.41, 5.74) is 5.53. The van der Waals surface area contributed by atoms with Crippen LogP contribution < -0.4 is 0 Å². The van der Waals surface area contributed by atoms with Crippen LogP contribution in [0.4, 0.5) is 0 Å². The predicted molar refractivity (Wildman–Crippen MR) is 96.2 cm³/mol. The number of benzene rings is 2. The molecule has 0 aliphatic rings. The van der Waals surface area contributed by atoms with Gasteiger partial charge in [0.15, 0.2) is 0 Å². The van der Waals surface area contributed by atoms with E-state index in [9.17, 15) is 0 Å². The zero-order valence-corrected chi connectivity index (χ0v) is 15.0. The minimum atomic E-state index is 0.356. The van der Waals surface area contributed by atoms with Gasteiger partial charge in [0.25, 0.3) is 0 Å². The maximum Gasteiger partial charge on any atom is 0.0466 e. The van der Waals surface area contributed by atoms with Gasteiger partial charge in [0, 0.05) is 10.7 Å². The van der Waals surface area contributed by atoms with Crippen LogP contribution in [0.5, 0.6) is 0 Å². The molecule has 0 saturated heterocycles. The van der Waals surface area contributed by atoms with E-state index >= 15 is 0 Å². The summed E-state index contributed by atoms with van der Waals surface area (Å²) in [5.74, 6) is 1.14. The molecule has 0 amide bonds. The minimum Gasteiger partial charge on any atom is -0.0832 e. The maximum absolute atomic E-state index is 3.99. The maximum atomic E-state index is 3.99. The van der Waals surface area contributed by atoms with E-state index in [1.54, 1.807) is 0 Å². The van der Waals surface area contributed by atoms with Crippen molar-refractivity contribution in [3.63, 3.8) is 0 Å². The fourth-order valence-electron chi connectivity index (χ4n) is 2.86. The van der Waals surface area contributed by atoms with Crippen molar-refractivity contribution in [1.82, 2.24) is 0 Å². The van der Waals surface area contributed by atoms with Crippen LogP contribution in [0.25, 0.3) is 0 Å². The number of alkyl halides is 1. The van der Waals surface area contributed by atoms with Crippen molar-refractivity contribution in [2.24, 2.45) is 5.92 Å². The van der Waals surface area contributed by atoms with Crippen LogP contribution in [-0.2, 0) is 0 Å². The molecular weight excluding hydrogens is 320 g/mol. The lowest BCUT2D eigenvalue weighted by Crippen LogP contribution is -2.14. The van der Waals surface area contributed by atoms with E-state index in [1.165, 1.54) is 28.7 Å². The highest BCUT2D eigenvalue weighted by Gasteiger charge is 2.27. The van der Waals surface area contributed by atoms with E-state index in [2.05, 4.69) is 92.2 Å². The fourth-order valence-corrected chi connectivity index (χ4v) is 3.97. The van der Waals surface area contributed by atoms with Crippen molar-refractivity contribution in [2.75, 3.05) is 0 Å². The van der Waals surface area contributed by atoms with E-state index in [0.29, 0.717) is 16.7 Å². The summed E-state index contributed by atoms with van der Waals surface area (Å²) < 4.78 is 0. The summed E-state index contributed by atoms with van der Waals surface area (Å²) in [4.78, 5) is 0.356. The standard InChI is InChI=1S/C20H25Br/c1-5-14(2)19(17-9-7-6-8-10-17)20(21)18-12-11-15(3)16(4)13-18/h6-14,19-20H,5H2,1-4H3. The number of halogens is 1. The Morgan fingerprint density at radius 2 is 1.57 bits per heavy atom. The Bertz CT molecular complexity index is 574. The Morgan fingerprint density at radius 1 is 0.905 bits per heavy atom. The van der Waals surface area contributed by atoms with E-state index < -0.39 is 0 Å². The summed E-state index contributed by atoms with van der Waals surface area (Å²) in [5, 5.41) is 0. The number of hydrogen-bond donors (Lipinski definition) is 0. The summed E-state index contributed by atoms with van der Waals surface area (Å²) in [7, 11) is 0. The van der Waals surface area contributed by atoms with Crippen LogP contribution in [0.2, 0.25) is 0 Å². The molecule has 21 heavy (non-hydrogen) atoms. The van der Waals surface area contributed by atoms with Gasteiger partial charge in [-0.1, -0.05) is 84.7 Å². The topological polar surface area (TPSA) is 0 Å². The molecular formula is C20H25Br. The summed E-state index contributed by atoms with van der Waals surface area (Å²) in [6.45, 7) is 9.00. The lowest BCUT2D eigenvalue weighted by atomic mass is 9.81. The highest BCUT2D eigenvalue weighted by Crippen LogP contribution is 2.44. The van der Waals surface area contributed by atoms with Gasteiger partial charge in [-0.3, -0.25) is 0 Å². The lowest BCUT2D eigenvalue weighted by molar-refractivity contribution is 0.440. The van der Waals surface area contributed by atoms with Crippen LogP contribution in [0.15, 0.2) is 48.5 Å². The largest absolute Gasteiger partial charge is 0.0832 e. The molecule has 0 bridgehead atoms. The average Bonchev–Trinajstić information content (AvgIpc) is 2.51. The highest BCUT2D eigenvalue weighted by atomic mass is 79.9. The molecule has 1 heteroatoms. The zero-order chi connectivity index (χ0) is 15.4. The van der Waals surface area contributed by atoms with Crippen LogP contribution in [-0.4, -0.2) is 0 Å². The first-order valence-electron chi connectivity index (χ1n) is 7.80. The summed E-state index contributed by atoms with van der Waals surface area (Å²) in [6.07, 6.45) is 1.19. The SMILES string of the molecule is CCC(C)C(c1ccccc1)C(Br)c1ccc(C)c(C)c1. The molecule has 0 nitrogen and oxygen atoms in total. The second-order valence-electron chi connectivity index (χ2n) is 6.07. The third-order valence-electron chi connectivity index (χ3n) is 4.61. The van der Waals surface area contributed by atoms with Crippen molar-refractivity contribution in [3.05, 3.63) is 70.8 Å². The molecule has 2 aromatic carbocycles. The van der Waals surface area contributed by atoms with Gasteiger partial charge in [0.05, 0.1) is 0 Å². The van der Waals surface area contributed by atoms with Crippen LogP contribution in [0.3, 0.4) is 0 Å². The third kappa shape index (κ3) is 3.77. The van der Waals surface area contributed by atoms with Crippen LogP contribution in [0.1, 0.15) is 53.3 Å². The van der Waals surface area contributed by atoms with E-state index in [4.69, 9.17) is 0 Å². The quantitative estimate of drug-likeness (QED) is 0.538. The molecule has 0 spiro atoms. The van der Waals surface area contributed by atoms with Gasteiger partial charge in [0.2, 0.25) is 0 Å².